The molecule has 1 aromatic carbocycles. The molecule has 4 rings (SSSR count). The zero-order chi connectivity index (χ0) is 18.8. The van der Waals surface area contributed by atoms with Gasteiger partial charge in [0.2, 0.25) is 5.88 Å². The van der Waals surface area contributed by atoms with Gasteiger partial charge in [0.1, 0.15) is 18.2 Å². The van der Waals surface area contributed by atoms with Gasteiger partial charge in [0, 0.05) is 37.3 Å². The molecule has 27 heavy (non-hydrogen) atoms. The predicted octanol–water partition coefficient (Wildman–Crippen LogP) is 2.28. The van der Waals surface area contributed by atoms with Gasteiger partial charge >= 0.3 is 6.03 Å². The number of nitrogens with zero attached hydrogens (tertiary/aromatic N) is 5. The summed E-state index contributed by atoms with van der Waals surface area (Å²) in [5.41, 5.74) is 0.763. The van der Waals surface area contributed by atoms with Crippen LogP contribution in [0.25, 0.3) is 0 Å². The number of benzene rings is 1. The third-order valence-electron chi connectivity index (χ3n) is 4.71. The fraction of sp³-hybridized carbons (Fsp3) is 0.389. The molecule has 0 unspecified atom stereocenters. The summed E-state index contributed by atoms with van der Waals surface area (Å²) < 4.78 is 10.7. The van der Waals surface area contributed by atoms with Crippen molar-refractivity contribution in [3.8, 4) is 11.6 Å². The van der Waals surface area contributed by atoms with E-state index in [4.69, 9.17) is 21.1 Å². The van der Waals surface area contributed by atoms with E-state index in [-0.39, 0.29) is 6.03 Å². The molecular formula is C18H20ClN5O3. The van der Waals surface area contributed by atoms with E-state index in [0.29, 0.717) is 56.0 Å². The van der Waals surface area contributed by atoms with Gasteiger partial charge in [-0.15, -0.1) is 0 Å². The molecular weight excluding hydrogens is 370 g/mol. The van der Waals surface area contributed by atoms with E-state index in [2.05, 4.69) is 14.9 Å². The number of carbonyl (C=O) groups is 1. The Morgan fingerprint density at radius 1 is 1.15 bits per heavy atom. The Morgan fingerprint density at radius 3 is 2.67 bits per heavy atom. The minimum Gasteiger partial charge on any atom is -0.489 e. The van der Waals surface area contributed by atoms with E-state index < -0.39 is 0 Å². The monoisotopic (exact) mass is 389 g/mol. The predicted molar refractivity (Wildman–Crippen MR) is 102 cm³/mol. The molecule has 1 fully saturated rings. The van der Waals surface area contributed by atoms with Crippen LogP contribution in [0.4, 0.5) is 16.3 Å². The molecule has 0 N–H and O–H groups in total. The first-order valence-electron chi connectivity index (χ1n) is 8.75. The molecule has 0 aliphatic carbocycles. The van der Waals surface area contributed by atoms with Crippen LogP contribution in [-0.2, 0) is 0 Å². The summed E-state index contributed by atoms with van der Waals surface area (Å²) in [4.78, 5) is 27.3. The lowest BCUT2D eigenvalue weighted by atomic mass is 10.2. The normalized spacial score (nSPS) is 16.6. The number of urea groups is 1. The summed E-state index contributed by atoms with van der Waals surface area (Å²) in [7, 11) is 1.56. The number of aromatic nitrogens is 2. The van der Waals surface area contributed by atoms with Crippen LogP contribution >= 0.6 is 11.6 Å². The number of halogens is 1. The van der Waals surface area contributed by atoms with Crippen LogP contribution in [0.15, 0.2) is 30.6 Å². The molecule has 3 heterocycles. The third-order valence-corrected chi connectivity index (χ3v) is 4.95. The maximum Gasteiger partial charge on any atom is 0.324 e. The first kappa shape index (κ1) is 17.7. The van der Waals surface area contributed by atoms with Crippen LogP contribution in [0.1, 0.15) is 0 Å². The lowest BCUT2D eigenvalue weighted by Crippen LogP contribution is -2.54. The summed E-state index contributed by atoms with van der Waals surface area (Å²) in [6, 6.07) is 5.34. The van der Waals surface area contributed by atoms with Crippen molar-refractivity contribution in [3.05, 3.63) is 35.6 Å². The quantitative estimate of drug-likeness (QED) is 0.784. The van der Waals surface area contributed by atoms with Crippen LogP contribution in [0.2, 0.25) is 5.02 Å². The SMILES string of the molecule is COc1cnc(N2CCN(C(=O)N3CCOc4cc(Cl)ccc43)CC2)cn1. The lowest BCUT2D eigenvalue weighted by molar-refractivity contribution is 0.196. The molecule has 9 heteroatoms. The number of hydrogen-bond acceptors (Lipinski definition) is 6. The maximum atomic E-state index is 13.0. The van der Waals surface area contributed by atoms with E-state index >= 15 is 0 Å². The van der Waals surface area contributed by atoms with Crippen molar-refractivity contribution in [2.24, 2.45) is 0 Å². The second-order valence-corrected chi connectivity index (χ2v) is 6.72. The molecule has 0 atom stereocenters. The minimum atomic E-state index is -0.0117. The number of fused-ring (bicyclic) bond motifs is 1. The van der Waals surface area contributed by atoms with Gasteiger partial charge in [-0.25, -0.2) is 14.8 Å². The molecule has 2 amide bonds. The third kappa shape index (κ3) is 3.57. The Kier molecular flexibility index (Phi) is 4.89. The number of piperazine rings is 1. The van der Waals surface area contributed by atoms with Gasteiger partial charge in [0.15, 0.2) is 0 Å². The van der Waals surface area contributed by atoms with Crippen molar-refractivity contribution in [2.75, 3.05) is 56.2 Å². The standard InChI is InChI=1S/C18H20ClN5O3/c1-26-17-12-20-16(11-21-17)22-4-6-23(7-5-22)18(25)24-8-9-27-15-10-13(19)2-3-14(15)24/h2-3,10-12H,4-9H2,1H3. The zero-order valence-electron chi connectivity index (χ0n) is 15.0. The van der Waals surface area contributed by atoms with E-state index in [1.807, 2.05) is 11.0 Å². The van der Waals surface area contributed by atoms with Crippen molar-refractivity contribution in [1.82, 2.24) is 14.9 Å². The number of anilines is 2. The summed E-state index contributed by atoms with van der Waals surface area (Å²) in [6.45, 7) is 3.62. The van der Waals surface area contributed by atoms with Crippen LogP contribution in [0, 0.1) is 0 Å². The van der Waals surface area contributed by atoms with Crippen LogP contribution in [0.3, 0.4) is 0 Å². The molecule has 142 valence electrons. The van der Waals surface area contributed by atoms with Gasteiger partial charge in [0.05, 0.1) is 31.7 Å². The Hall–Kier alpha value is -2.74. The average molecular weight is 390 g/mol. The fourth-order valence-electron chi connectivity index (χ4n) is 3.27. The highest BCUT2D eigenvalue weighted by Gasteiger charge is 2.30. The van der Waals surface area contributed by atoms with Gasteiger partial charge in [-0.2, -0.15) is 0 Å². The Balaban J connectivity index is 1.42. The van der Waals surface area contributed by atoms with Crippen molar-refractivity contribution in [1.29, 1.82) is 0 Å². The summed E-state index contributed by atoms with van der Waals surface area (Å²) in [5, 5.41) is 0.595. The number of ether oxygens (including phenoxy) is 2. The highest BCUT2D eigenvalue weighted by atomic mass is 35.5. The molecule has 0 spiro atoms. The van der Waals surface area contributed by atoms with Crippen LogP contribution < -0.4 is 19.3 Å². The van der Waals surface area contributed by atoms with Gasteiger partial charge in [-0.3, -0.25) is 4.90 Å². The molecule has 1 saturated heterocycles. The molecule has 2 aliphatic rings. The second-order valence-electron chi connectivity index (χ2n) is 6.29. The first-order chi connectivity index (χ1) is 13.2. The number of amides is 2. The molecule has 8 nitrogen and oxygen atoms in total. The van der Waals surface area contributed by atoms with E-state index in [1.165, 1.54) is 0 Å². The Bertz CT molecular complexity index is 824. The number of carbonyl (C=O) groups excluding carboxylic acids is 1. The summed E-state index contributed by atoms with van der Waals surface area (Å²) >= 11 is 6.03. The number of rotatable bonds is 2. The van der Waals surface area contributed by atoms with Crippen LogP contribution in [0.5, 0.6) is 11.6 Å². The van der Waals surface area contributed by atoms with E-state index in [0.717, 1.165) is 11.5 Å². The van der Waals surface area contributed by atoms with Crippen molar-refractivity contribution < 1.29 is 14.3 Å². The smallest absolute Gasteiger partial charge is 0.324 e. The van der Waals surface area contributed by atoms with Gasteiger partial charge in [-0.1, -0.05) is 11.6 Å². The van der Waals surface area contributed by atoms with E-state index in [1.54, 1.807) is 36.5 Å². The maximum absolute atomic E-state index is 13.0. The second kappa shape index (κ2) is 7.48. The molecule has 0 radical (unpaired) electrons. The van der Waals surface area contributed by atoms with Gasteiger partial charge < -0.3 is 19.3 Å². The summed E-state index contributed by atoms with van der Waals surface area (Å²) in [6.07, 6.45) is 3.29. The molecule has 2 aromatic rings. The number of hydrogen-bond donors (Lipinski definition) is 0. The Labute approximate surface area is 162 Å². The number of methoxy groups -OCH3 is 1. The van der Waals surface area contributed by atoms with E-state index in [9.17, 15) is 4.79 Å². The van der Waals surface area contributed by atoms with Crippen LogP contribution in [-0.4, -0.2) is 67.3 Å². The first-order valence-corrected chi connectivity index (χ1v) is 9.13. The Morgan fingerprint density at radius 2 is 1.96 bits per heavy atom. The lowest BCUT2D eigenvalue weighted by Gasteiger charge is -2.39. The highest BCUT2D eigenvalue weighted by Crippen LogP contribution is 2.34. The average Bonchev–Trinajstić information content (AvgIpc) is 2.73. The van der Waals surface area contributed by atoms with Crippen molar-refractivity contribution in [3.63, 3.8) is 0 Å². The van der Waals surface area contributed by atoms with Gasteiger partial charge in [0.25, 0.3) is 0 Å². The molecule has 0 bridgehead atoms. The topological polar surface area (TPSA) is 71.0 Å². The molecule has 1 aromatic heterocycles. The van der Waals surface area contributed by atoms with Crippen molar-refractivity contribution >= 4 is 29.1 Å². The highest BCUT2D eigenvalue weighted by molar-refractivity contribution is 6.30. The summed E-state index contributed by atoms with van der Waals surface area (Å²) in [5.74, 6) is 1.92. The van der Waals surface area contributed by atoms with Gasteiger partial charge in [-0.05, 0) is 12.1 Å². The minimum absolute atomic E-state index is 0.0117. The molecule has 0 saturated carbocycles. The largest absolute Gasteiger partial charge is 0.489 e. The molecule has 2 aliphatic heterocycles. The fourth-order valence-corrected chi connectivity index (χ4v) is 3.43. The van der Waals surface area contributed by atoms with Crippen molar-refractivity contribution in [2.45, 2.75) is 0 Å². The zero-order valence-corrected chi connectivity index (χ0v) is 15.7.